The Morgan fingerprint density at radius 3 is 2.49 bits per heavy atom. The summed E-state index contributed by atoms with van der Waals surface area (Å²) < 4.78 is 2.96. The highest BCUT2D eigenvalue weighted by Crippen LogP contribution is 2.21. The van der Waals surface area contributed by atoms with Crippen LogP contribution in [-0.2, 0) is 25.6 Å². The summed E-state index contributed by atoms with van der Waals surface area (Å²) in [5.74, 6) is -2.82. The molecular formula is C22H30ClIN6O5. The second-order valence-electron chi connectivity index (χ2n) is 8.15. The van der Waals surface area contributed by atoms with Crippen LogP contribution in [0.5, 0.6) is 5.75 Å². The third kappa shape index (κ3) is 8.61. The van der Waals surface area contributed by atoms with Gasteiger partial charge in [0, 0.05) is 36.0 Å². The molecule has 3 atom stereocenters. The van der Waals surface area contributed by atoms with Crippen molar-refractivity contribution in [3.05, 3.63) is 29.8 Å². The second kappa shape index (κ2) is 14.2. The number of rotatable bonds is 13. The van der Waals surface area contributed by atoms with E-state index in [1.54, 1.807) is 24.3 Å². The molecule has 0 aromatic heterocycles. The highest BCUT2D eigenvalue weighted by molar-refractivity contribution is 14.1. The minimum atomic E-state index is -1.09. The van der Waals surface area contributed by atoms with Gasteiger partial charge in [-0.05, 0) is 49.8 Å². The molecule has 0 spiro atoms. The molecule has 0 bridgehead atoms. The highest BCUT2D eigenvalue weighted by Gasteiger charge is 2.38. The lowest BCUT2D eigenvalue weighted by molar-refractivity contribution is -0.141. The summed E-state index contributed by atoms with van der Waals surface area (Å²) in [6.07, 6.45) is 1.92. The predicted octanol–water partition coefficient (Wildman–Crippen LogP) is 0.149. The molecule has 2 rings (SSSR count). The molecule has 1 aliphatic heterocycles. The summed E-state index contributed by atoms with van der Waals surface area (Å²) in [4.78, 5) is 56.1. The first-order valence-corrected chi connectivity index (χ1v) is 12.7. The van der Waals surface area contributed by atoms with Gasteiger partial charge in [-0.3, -0.25) is 24.2 Å². The van der Waals surface area contributed by atoms with Gasteiger partial charge in [-0.2, -0.15) is 0 Å². The number of phenolic OH excluding ortho intramolecular Hbond substituents is 1. The smallest absolute Gasteiger partial charge is 0.243 e. The van der Waals surface area contributed by atoms with Gasteiger partial charge in [0.1, 0.15) is 11.8 Å². The molecule has 35 heavy (non-hydrogen) atoms. The van der Waals surface area contributed by atoms with Gasteiger partial charge in [-0.25, -0.2) is 3.53 Å². The van der Waals surface area contributed by atoms with Crippen LogP contribution in [0.25, 0.3) is 0 Å². The van der Waals surface area contributed by atoms with Gasteiger partial charge in [0.25, 0.3) is 0 Å². The molecule has 192 valence electrons. The van der Waals surface area contributed by atoms with E-state index >= 15 is 0 Å². The van der Waals surface area contributed by atoms with Crippen LogP contribution >= 0.6 is 34.5 Å². The number of nitrogens with one attached hydrogen (secondary N) is 2. The van der Waals surface area contributed by atoms with Gasteiger partial charge >= 0.3 is 0 Å². The number of phenols is 1. The summed E-state index contributed by atoms with van der Waals surface area (Å²) in [5, 5.41) is 12.1. The number of nitrogens with zero attached hydrogens (tertiary/aromatic N) is 2. The van der Waals surface area contributed by atoms with Gasteiger partial charge in [0.2, 0.25) is 23.4 Å². The fraction of sp³-hybridized carbons (Fsp3) is 0.500. The van der Waals surface area contributed by atoms with E-state index in [1.165, 1.54) is 4.90 Å². The number of nitrogens with two attached hydrogens (primary N) is 2. The number of aromatic hydroxyl groups is 1. The SMILES string of the molecule is NC(N)=NCCCC(NC(=O)C1CCCN1C(=O)C(Cc1ccc(O)cc1)NI)C(=O)C(=O)CCl. The molecule has 13 heteroatoms. The molecule has 0 aliphatic carbocycles. The van der Waals surface area contributed by atoms with E-state index in [9.17, 15) is 24.3 Å². The maximum absolute atomic E-state index is 13.3. The Hall–Kier alpha value is -2.45. The van der Waals surface area contributed by atoms with Crippen molar-refractivity contribution in [2.75, 3.05) is 19.0 Å². The Bertz CT molecular complexity index is 941. The number of alkyl halides is 1. The molecule has 3 unspecified atom stereocenters. The summed E-state index contributed by atoms with van der Waals surface area (Å²) in [6, 6.07) is 4.09. The summed E-state index contributed by atoms with van der Waals surface area (Å²) >= 11 is 7.44. The van der Waals surface area contributed by atoms with E-state index in [0.717, 1.165) is 5.56 Å². The van der Waals surface area contributed by atoms with Gasteiger partial charge in [0.05, 0.1) is 18.0 Å². The fourth-order valence-electron chi connectivity index (χ4n) is 3.84. The predicted molar refractivity (Wildman–Crippen MR) is 140 cm³/mol. The topological polar surface area (TPSA) is 180 Å². The zero-order chi connectivity index (χ0) is 26.0. The molecule has 2 amide bonds. The minimum Gasteiger partial charge on any atom is -0.508 e. The van der Waals surface area contributed by atoms with Crippen LogP contribution in [0.4, 0.5) is 0 Å². The van der Waals surface area contributed by atoms with Crippen molar-refractivity contribution in [2.24, 2.45) is 16.5 Å². The van der Waals surface area contributed by atoms with E-state index in [0.29, 0.717) is 32.2 Å². The highest BCUT2D eigenvalue weighted by atomic mass is 127. The monoisotopic (exact) mass is 620 g/mol. The first kappa shape index (κ1) is 28.8. The van der Waals surface area contributed by atoms with Gasteiger partial charge in [-0.15, -0.1) is 11.6 Å². The lowest BCUT2D eigenvalue weighted by Crippen LogP contribution is -2.54. The van der Waals surface area contributed by atoms with Crippen molar-refractivity contribution in [2.45, 2.75) is 50.2 Å². The Labute approximate surface area is 222 Å². The molecule has 0 saturated carbocycles. The van der Waals surface area contributed by atoms with Crippen LogP contribution < -0.4 is 20.3 Å². The van der Waals surface area contributed by atoms with Crippen LogP contribution in [0, 0.1) is 0 Å². The second-order valence-corrected chi connectivity index (χ2v) is 9.04. The number of likely N-dealkylation sites (tertiary alicyclic amines) is 1. The van der Waals surface area contributed by atoms with Crippen molar-refractivity contribution < 1.29 is 24.3 Å². The Morgan fingerprint density at radius 1 is 1.20 bits per heavy atom. The fourth-order valence-corrected chi connectivity index (χ4v) is 4.46. The van der Waals surface area contributed by atoms with E-state index in [1.807, 2.05) is 22.9 Å². The molecule has 1 aromatic rings. The van der Waals surface area contributed by atoms with Crippen LogP contribution in [0.1, 0.15) is 31.2 Å². The van der Waals surface area contributed by atoms with Crippen molar-refractivity contribution in [1.29, 1.82) is 0 Å². The molecule has 1 aromatic carbocycles. The number of hydrogen-bond donors (Lipinski definition) is 5. The lowest BCUT2D eigenvalue weighted by Gasteiger charge is -2.29. The molecular weight excluding hydrogens is 591 g/mol. The summed E-state index contributed by atoms with van der Waals surface area (Å²) in [5.41, 5.74) is 11.4. The van der Waals surface area contributed by atoms with Crippen LogP contribution in [-0.4, -0.2) is 76.4 Å². The summed E-state index contributed by atoms with van der Waals surface area (Å²) in [6.45, 7) is 0.621. The number of aliphatic imine (C=N–C) groups is 1. The number of hydrogen-bond acceptors (Lipinski definition) is 7. The first-order valence-electron chi connectivity index (χ1n) is 11.1. The maximum Gasteiger partial charge on any atom is 0.243 e. The minimum absolute atomic E-state index is 0.0976. The Morgan fingerprint density at radius 2 is 1.89 bits per heavy atom. The molecule has 0 radical (unpaired) electrons. The number of halogens is 2. The number of ketones is 2. The van der Waals surface area contributed by atoms with E-state index in [2.05, 4.69) is 13.8 Å². The average Bonchev–Trinajstić information content (AvgIpc) is 3.34. The maximum atomic E-state index is 13.3. The van der Waals surface area contributed by atoms with Crippen molar-refractivity contribution in [1.82, 2.24) is 13.7 Å². The third-order valence-electron chi connectivity index (χ3n) is 5.62. The number of Topliss-reactive ketones (excluding diaryl/α,β-unsaturated/α-hetero) is 2. The zero-order valence-electron chi connectivity index (χ0n) is 19.1. The van der Waals surface area contributed by atoms with E-state index < -0.39 is 41.5 Å². The summed E-state index contributed by atoms with van der Waals surface area (Å²) in [7, 11) is 0. The van der Waals surface area contributed by atoms with Crippen molar-refractivity contribution in [3.8, 4) is 5.75 Å². The molecule has 1 fully saturated rings. The first-order chi connectivity index (χ1) is 16.7. The molecule has 1 aliphatic rings. The van der Waals surface area contributed by atoms with Crippen LogP contribution in [0.3, 0.4) is 0 Å². The van der Waals surface area contributed by atoms with Crippen molar-refractivity contribution >= 4 is 63.8 Å². The molecule has 1 saturated heterocycles. The Kier molecular flexibility index (Phi) is 11.7. The number of carbonyl (C=O) groups excluding carboxylic acids is 4. The van der Waals surface area contributed by atoms with E-state index in [4.69, 9.17) is 23.1 Å². The number of benzene rings is 1. The largest absolute Gasteiger partial charge is 0.508 e. The molecule has 11 nitrogen and oxygen atoms in total. The normalized spacial score (nSPS) is 16.9. The van der Waals surface area contributed by atoms with Gasteiger partial charge in [-0.1, -0.05) is 12.1 Å². The Balaban J connectivity index is 2.09. The third-order valence-corrected chi connectivity index (χ3v) is 6.61. The molecule has 1 heterocycles. The number of guanidine groups is 1. The number of amides is 2. The van der Waals surface area contributed by atoms with Crippen LogP contribution in [0.15, 0.2) is 29.3 Å². The van der Waals surface area contributed by atoms with Gasteiger partial charge < -0.3 is 26.8 Å². The standard InChI is InChI=1S/C22H30ClIN6O5/c23-12-18(32)19(33)15(3-1-9-27-22(25)26)28-20(34)17-4-2-10-30(17)21(35)16(29-24)11-13-5-7-14(31)8-6-13/h5-8,15-17,29,31H,1-4,9-12H2,(H,28,34)(H4,25,26,27). The van der Waals surface area contributed by atoms with Gasteiger partial charge in [0.15, 0.2) is 5.96 Å². The quantitative estimate of drug-likeness (QED) is 0.0393. The molecule has 7 N–H and O–H groups in total. The lowest BCUT2D eigenvalue weighted by atomic mass is 10.0. The van der Waals surface area contributed by atoms with E-state index in [-0.39, 0.29) is 30.6 Å². The average molecular weight is 621 g/mol. The zero-order valence-corrected chi connectivity index (χ0v) is 22.0. The van der Waals surface area contributed by atoms with Crippen LogP contribution in [0.2, 0.25) is 0 Å². The van der Waals surface area contributed by atoms with Crippen molar-refractivity contribution in [3.63, 3.8) is 0 Å². The number of carbonyl (C=O) groups is 4.